The molecule has 0 aliphatic heterocycles. The van der Waals surface area contributed by atoms with Crippen molar-refractivity contribution in [3.63, 3.8) is 0 Å². The molecule has 0 bridgehead atoms. The third-order valence-electron chi connectivity index (χ3n) is 4.58. The van der Waals surface area contributed by atoms with E-state index in [1.807, 2.05) is 13.8 Å². The minimum atomic E-state index is -4.47. The van der Waals surface area contributed by atoms with Crippen LogP contribution in [0, 0.1) is 0 Å². The molecule has 0 aliphatic rings. The van der Waals surface area contributed by atoms with Crippen LogP contribution in [0.25, 0.3) is 0 Å². The standard InChI is InChI=1S/C15H30O7S.C4H10O4.C4H10O.Na.H/c1-2-3-4-5-6-7-8-9-10-11-12-21-23(19,20)22-15(18)14(17)13-16;5-1-3(7)4(8)2-6;1-3-5-4-2;;/h14,16-17H,2-13H2,1H3;3-8H,1-2H2;3-4H2,1-2H3;;. The summed E-state index contributed by atoms with van der Waals surface area (Å²) in [7, 11) is -4.47. The van der Waals surface area contributed by atoms with Gasteiger partial charge in [0.05, 0.1) is 26.4 Å². The normalized spacial score (nSPS) is 13.1. The Bertz CT molecular complexity index is 556. The molecule has 0 aromatic carbocycles. The molecular weight excluding hydrogens is 523 g/mol. The first-order valence-electron chi connectivity index (χ1n) is 12.6. The van der Waals surface area contributed by atoms with Gasteiger partial charge in [0, 0.05) is 13.2 Å². The molecule has 0 aromatic rings. The van der Waals surface area contributed by atoms with Gasteiger partial charge in [0.1, 0.15) is 12.2 Å². The molecule has 3 atom stereocenters. The number of unbranched alkanes of at least 4 members (excludes halogenated alkanes) is 9. The summed E-state index contributed by atoms with van der Waals surface area (Å²) in [5.41, 5.74) is 0. The maximum atomic E-state index is 11.3. The number of hydrogen-bond acceptors (Lipinski definition) is 12. The van der Waals surface area contributed by atoms with E-state index in [-0.39, 0.29) is 36.2 Å². The number of aliphatic hydroxyl groups excluding tert-OH is 6. The van der Waals surface area contributed by atoms with Crippen molar-refractivity contribution in [3.8, 4) is 0 Å². The van der Waals surface area contributed by atoms with E-state index >= 15 is 0 Å². The molecule has 0 aliphatic carbocycles. The minimum absolute atomic E-state index is 0. The molecule has 0 amide bonds. The van der Waals surface area contributed by atoms with E-state index in [1.165, 1.54) is 38.5 Å². The SMILES string of the molecule is CCCCCCCCCCCCOS(=O)(=O)OC(=O)C(O)CO.CCOCC.OCC(O)C(O)CO.[NaH]. The fraction of sp³-hybridized carbons (Fsp3) is 0.957. The van der Waals surface area contributed by atoms with Crippen molar-refractivity contribution in [1.29, 1.82) is 0 Å². The van der Waals surface area contributed by atoms with E-state index in [9.17, 15) is 13.2 Å². The van der Waals surface area contributed by atoms with Crippen molar-refractivity contribution in [1.82, 2.24) is 0 Å². The fourth-order valence-electron chi connectivity index (χ4n) is 2.45. The summed E-state index contributed by atoms with van der Waals surface area (Å²) in [6.45, 7) is 5.83. The van der Waals surface area contributed by atoms with E-state index in [0.717, 1.165) is 32.5 Å². The van der Waals surface area contributed by atoms with Gasteiger partial charge < -0.3 is 39.6 Å². The predicted octanol–water partition coefficient (Wildman–Crippen LogP) is 0.152. The number of rotatable bonds is 20. The van der Waals surface area contributed by atoms with Crippen LogP contribution in [-0.4, -0.2) is 133 Å². The molecular formula is C23H51NaO12S. The second kappa shape index (κ2) is 32.3. The molecule has 0 aromatic heterocycles. The van der Waals surface area contributed by atoms with Crippen LogP contribution >= 0.6 is 0 Å². The third kappa shape index (κ3) is 34.1. The monoisotopic (exact) mass is 574 g/mol. The zero-order chi connectivity index (χ0) is 28.2. The molecule has 0 saturated carbocycles. The van der Waals surface area contributed by atoms with E-state index in [2.05, 4.69) is 15.3 Å². The van der Waals surface area contributed by atoms with E-state index in [0.29, 0.717) is 6.42 Å². The van der Waals surface area contributed by atoms with Crippen molar-refractivity contribution in [2.24, 2.45) is 0 Å². The number of carbonyl (C=O) groups is 1. The van der Waals surface area contributed by atoms with Gasteiger partial charge in [0.25, 0.3) is 0 Å². The molecule has 6 N–H and O–H groups in total. The first-order chi connectivity index (χ1) is 17.1. The number of carbonyl (C=O) groups excluding carboxylic acids is 1. The van der Waals surface area contributed by atoms with E-state index < -0.39 is 54.5 Å². The predicted molar refractivity (Wildman–Crippen MR) is 141 cm³/mol. The molecule has 3 unspecified atom stereocenters. The van der Waals surface area contributed by atoms with Crippen molar-refractivity contribution < 1.29 is 57.0 Å². The van der Waals surface area contributed by atoms with Crippen LogP contribution in [0.3, 0.4) is 0 Å². The van der Waals surface area contributed by atoms with Gasteiger partial charge in [-0.15, -0.1) is 0 Å². The average molecular weight is 575 g/mol. The van der Waals surface area contributed by atoms with Crippen LogP contribution < -0.4 is 0 Å². The summed E-state index contributed by atoms with van der Waals surface area (Å²) in [5.74, 6) is -1.45. The zero-order valence-electron chi connectivity index (χ0n) is 22.1. The topological polar surface area (TPSA) is 200 Å². The summed E-state index contributed by atoms with van der Waals surface area (Å²) in [5, 5.41) is 50.6. The fourth-order valence-corrected chi connectivity index (χ4v) is 3.14. The van der Waals surface area contributed by atoms with E-state index in [1.54, 1.807) is 0 Å². The van der Waals surface area contributed by atoms with Crippen LogP contribution in [0.5, 0.6) is 0 Å². The first kappa shape index (κ1) is 44.1. The Hall–Kier alpha value is 0.1000. The molecule has 37 heavy (non-hydrogen) atoms. The molecule has 0 saturated heterocycles. The first-order valence-corrected chi connectivity index (χ1v) is 14.0. The van der Waals surface area contributed by atoms with Crippen molar-refractivity contribution in [3.05, 3.63) is 0 Å². The Kier molecular flexibility index (Phi) is 38.5. The summed E-state index contributed by atoms with van der Waals surface area (Å²) in [6.07, 6.45) is 6.76. The van der Waals surface area contributed by atoms with Gasteiger partial charge in [-0.1, -0.05) is 64.7 Å². The molecule has 14 heteroatoms. The number of aliphatic hydroxyl groups is 6. The summed E-state index contributed by atoms with van der Waals surface area (Å²) < 4.78 is 35.8. The second-order valence-electron chi connectivity index (χ2n) is 7.79. The average Bonchev–Trinajstić information content (AvgIpc) is 2.86. The molecule has 222 valence electrons. The van der Waals surface area contributed by atoms with E-state index in [4.69, 9.17) is 35.4 Å². The Morgan fingerprint density at radius 1 is 0.703 bits per heavy atom. The molecule has 12 nitrogen and oxygen atoms in total. The molecule has 0 fully saturated rings. The van der Waals surface area contributed by atoms with Gasteiger partial charge in [-0.3, -0.25) is 0 Å². The van der Waals surface area contributed by atoms with Gasteiger partial charge in [-0.05, 0) is 20.3 Å². The summed E-state index contributed by atoms with van der Waals surface area (Å²) in [6, 6.07) is 0. The van der Waals surface area contributed by atoms with Gasteiger partial charge in [0.15, 0.2) is 6.10 Å². The Balaban J connectivity index is -0.000000320. The van der Waals surface area contributed by atoms with Gasteiger partial charge in [-0.2, -0.15) is 8.42 Å². The van der Waals surface area contributed by atoms with Crippen LogP contribution in [0.4, 0.5) is 0 Å². The van der Waals surface area contributed by atoms with Gasteiger partial charge >= 0.3 is 45.9 Å². The Morgan fingerprint density at radius 3 is 1.43 bits per heavy atom. The van der Waals surface area contributed by atoms with Crippen LogP contribution in [0.2, 0.25) is 0 Å². The molecule has 0 rings (SSSR count). The quantitative estimate of drug-likeness (QED) is 0.0851. The Labute approximate surface area is 245 Å². The van der Waals surface area contributed by atoms with Crippen LogP contribution in [0.1, 0.15) is 85.0 Å². The summed E-state index contributed by atoms with van der Waals surface area (Å²) >= 11 is 0. The molecule has 0 heterocycles. The van der Waals surface area contributed by atoms with Crippen LogP contribution in [-0.2, 0) is 28.3 Å². The number of ether oxygens (including phenoxy) is 1. The molecule has 0 radical (unpaired) electrons. The van der Waals surface area contributed by atoms with Crippen LogP contribution in [0.15, 0.2) is 0 Å². The Morgan fingerprint density at radius 2 is 1.11 bits per heavy atom. The van der Waals surface area contributed by atoms with Gasteiger partial charge in [-0.25, -0.2) is 8.98 Å². The zero-order valence-corrected chi connectivity index (χ0v) is 22.9. The summed E-state index contributed by atoms with van der Waals surface area (Å²) in [4.78, 5) is 11.0. The number of hydrogen-bond donors (Lipinski definition) is 6. The molecule has 0 spiro atoms. The van der Waals surface area contributed by atoms with Gasteiger partial charge in [0.2, 0.25) is 0 Å². The van der Waals surface area contributed by atoms with Crippen molar-refractivity contribution in [2.45, 2.75) is 103 Å². The van der Waals surface area contributed by atoms with Crippen molar-refractivity contribution in [2.75, 3.05) is 39.6 Å². The third-order valence-corrected chi connectivity index (χ3v) is 5.41. The van der Waals surface area contributed by atoms with Crippen molar-refractivity contribution >= 4 is 45.9 Å². The maximum absolute atomic E-state index is 11.3. The second-order valence-corrected chi connectivity index (χ2v) is 9.01.